The maximum absolute atomic E-state index is 13.5. The topological polar surface area (TPSA) is 37.4 Å². The Morgan fingerprint density at radius 2 is 1.57 bits per heavy atom. The van der Waals surface area contributed by atoms with Crippen LogP contribution in [-0.4, -0.2) is 31.3 Å². The molecule has 0 spiro atoms. The summed E-state index contributed by atoms with van der Waals surface area (Å²) in [7, 11) is -3.36. The third-order valence-electron chi connectivity index (χ3n) is 6.60. The van der Waals surface area contributed by atoms with E-state index >= 15 is 0 Å². The van der Waals surface area contributed by atoms with Crippen LogP contribution in [0.5, 0.6) is 0 Å². The van der Waals surface area contributed by atoms with E-state index in [-0.39, 0.29) is 0 Å². The van der Waals surface area contributed by atoms with Crippen molar-refractivity contribution in [1.29, 1.82) is 0 Å². The summed E-state index contributed by atoms with van der Waals surface area (Å²) >= 11 is 0. The average Bonchev–Trinajstić information content (AvgIpc) is 3.30. The van der Waals surface area contributed by atoms with Crippen molar-refractivity contribution in [1.82, 2.24) is 4.90 Å². The fourth-order valence-electron chi connectivity index (χ4n) is 5.19. The second-order valence-corrected chi connectivity index (χ2v) is 11.0. The first-order valence-corrected chi connectivity index (χ1v) is 12.1. The molecule has 0 aromatic heterocycles. The Labute approximate surface area is 169 Å². The molecule has 1 saturated carbocycles. The van der Waals surface area contributed by atoms with E-state index in [0.717, 1.165) is 25.8 Å². The molecule has 0 amide bonds. The van der Waals surface area contributed by atoms with Crippen LogP contribution in [0.3, 0.4) is 0 Å². The summed E-state index contributed by atoms with van der Waals surface area (Å²) in [6.07, 6.45) is 3.86. The number of likely N-dealkylation sites (tertiary alicyclic amines) is 1. The Balaban J connectivity index is 1.57. The molecule has 0 radical (unpaired) electrons. The number of sulfone groups is 1. The van der Waals surface area contributed by atoms with Gasteiger partial charge in [-0.2, -0.15) is 0 Å². The van der Waals surface area contributed by atoms with Gasteiger partial charge in [0.1, 0.15) is 5.37 Å². The SMILES string of the molecule is CC(C)CCC(N1CC2CC1CC2c1ccccc1)S(=O)(=O)c1ccccc1. The van der Waals surface area contributed by atoms with Crippen LogP contribution < -0.4 is 0 Å². The second kappa shape index (κ2) is 8.00. The Bertz CT molecular complexity index is 879. The summed E-state index contributed by atoms with van der Waals surface area (Å²) in [5.41, 5.74) is 1.42. The van der Waals surface area contributed by atoms with E-state index in [4.69, 9.17) is 0 Å². The van der Waals surface area contributed by atoms with Crippen molar-refractivity contribution in [3.63, 3.8) is 0 Å². The smallest absolute Gasteiger partial charge is 0.194 e. The third kappa shape index (κ3) is 3.77. The molecule has 2 aliphatic rings. The first-order valence-electron chi connectivity index (χ1n) is 10.6. The Kier molecular flexibility index (Phi) is 5.62. The van der Waals surface area contributed by atoms with Crippen molar-refractivity contribution in [2.75, 3.05) is 6.54 Å². The predicted molar refractivity (Wildman–Crippen MR) is 114 cm³/mol. The highest BCUT2D eigenvalue weighted by molar-refractivity contribution is 7.92. The van der Waals surface area contributed by atoms with E-state index in [1.54, 1.807) is 12.1 Å². The quantitative estimate of drug-likeness (QED) is 0.652. The number of piperidine rings is 1. The number of fused-ring (bicyclic) bond motifs is 2. The predicted octanol–water partition coefficient (Wildman–Crippen LogP) is 5.10. The summed E-state index contributed by atoms with van der Waals surface area (Å²) < 4.78 is 27.0. The van der Waals surface area contributed by atoms with Gasteiger partial charge in [-0.25, -0.2) is 8.42 Å². The molecular formula is C24H31NO2S. The van der Waals surface area contributed by atoms with E-state index in [1.165, 1.54) is 5.56 Å². The molecular weight excluding hydrogens is 366 g/mol. The van der Waals surface area contributed by atoms with Gasteiger partial charge < -0.3 is 0 Å². The van der Waals surface area contributed by atoms with Crippen LogP contribution in [0.1, 0.15) is 51.0 Å². The highest BCUT2D eigenvalue weighted by Crippen LogP contribution is 2.49. The van der Waals surface area contributed by atoms with Crippen LogP contribution in [0.2, 0.25) is 0 Å². The number of rotatable bonds is 7. The molecule has 2 bridgehead atoms. The lowest BCUT2D eigenvalue weighted by Crippen LogP contribution is -2.46. The Hall–Kier alpha value is -1.65. The summed E-state index contributed by atoms with van der Waals surface area (Å²) in [6.45, 7) is 5.25. The molecule has 4 unspecified atom stereocenters. The van der Waals surface area contributed by atoms with Crippen LogP contribution in [0.4, 0.5) is 0 Å². The Morgan fingerprint density at radius 1 is 0.929 bits per heavy atom. The van der Waals surface area contributed by atoms with Gasteiger partial charge in [0.25, 0.3) is 0 Å². The van der Waals surface area contributed by atoms with E-state index in [0.29, 0.717) is 35.1 Å². The lowest BCUT2D eigenvalue weighted by atomic mass is 9.87. The zero-order valence-electron chi connectivity index (χ0n) is 16.9. The van der Waals surface area contributed by atoms with Crippen LogP contribution in [-0.2, 0) is 9.84 Å². The van der Waals surface area contributed by atoms with Crippen molar-refractivity contribution in [2.45, 2.75) is 61.8 Å². The highest BCUT2D eigenvalue weighted by atomic mass is 32.2. The van der Waals surface area contributed by atoms with Gasteiger partial charge >= 0.3 is 0 Å². The summed E-state index contributed by atoms with van der Waals surface area (Å²) in [5, 5.41) is -0.399. The number of nitrogens with zero attached hydrogens (tertiary/aromatic N) is 1. The molecule has 4 rings (SSSR count). The average molecular weight is 398 g/mol. The molecule has 1 aliphatic heterocycles. The minimum Gasteiger partial charge on any atom is -0.284 e. The molecule has 4 atom stereocenters. The van der Waals surface area contributed by atoms with Crippen molar-refractivity contribution in [3.8, 4) is 0 Å². The second-order valence-electron chi connectivity index (χ2n) is 8.88. The maximum Gasteiger partial charge on any atom is 0.194 e. The fourth-order valence-corrected chi connectivity index (χ4v) is 7.10. The number of hydrogen-bond acceptors (Lipinski definition) is 3. The lowest BCUT2D eigenvalue weighted by molar-refractivity contribution is 0.169. The zero-order chi connectivity index (χ0) is 19.7. The van der Waals surface area contributed by atoms with Crippen LogP contribution in [0.15, 0.2) is 65.6 Å². The first kappa shape index (κ1) is 19.7. The normalized spacial score (nSPS) is 26.0. The van der Waals surface area contributed by atoms with Crippen LogP contribution in [0, 0.1) is 11.8 Å². The van der Waals surface area contributed by atoms with E-state index < -0.39 is 15.2 Å². The van der Waals surface area contributed by atoms with Gasteiger partial charge in [-0.1, -0.05) is 62.4 Å². The third-order valence-corrected chi connectivity index (χ3v) is 8.75. The van der Waals surface area contributed by atoms with Crippen LogP contribution >= 0.6 is 0 Å². The van der Waals surface area contributed by atoms with Gasteiger partial charge in [0, 0.05) is 12.6 Å². The number of hydrogen-bond donors (Lipinski definition) is 0. The minimum absolute atomic E-state index is 0.380. The molecule has 2 aromatic rings. The summed E-state index contributed by atoms with van der Waals surface area (Å²) in [4.78, 5) is 2.79. The summed E-state index contributed by atoms with van der Waals surface area (Å²) in [6, 6.07) is 20.2. The van der Waals surface area contributed by atoms with Gasteiger partial charge in [0.05, 0.1) is 4.90 Å². The molecule has 28 heavy (non-hydrogen) atoms. The molecule has 2 aromatic carbocycles. The van der Waals surface area contributed by atoms with Gasteiger partial charge in [-0.3, -0.25) is 4.90 Å². The van der Waals surface area contributed by atoms with E-state index in [1.807, 2.05) is 18.2 Å². The van der Waals surface area contributed by atoms with Gasteiger partial charge in [0.2, 0.25) is 0 Å². The molecule has 3 nitrogen and oxygen atoms in total. The zero-order valence-corrected chi connectivity index (χ0v) is 17.7. The maximum atomic E-state index is 13.5. The number of benzene rings is 2. The standard InChI is InChI=1S/C24H31NO2S/c1-18(2)13-14-24(28(26,27)22-11-7-4-8-12-22)25-17-20-15-21(25)16-23(20)19-9-5-3-6-10-19/h3-12,18,20-21,23-24H,13-17H2,1-2H3. The molecule has 150 valence electrons. The largest absolute Gasteiger partial charge is 0.284 e. The fraction of sp³-hybridized carbons (Fsp3) is 0.500. The minimum atomic E-state index is -3.36. The molecule has 2 fully saturated rings. The van der Waals surface area contributed by atoms with Crippen molar-refractivity contribution in [3.05, 3.63) is 66.2 Å². The van der Waals surface area contributed by atoms with E-state index in [9.17, 15) is 8.42 Å². The van der Waals surface area contributed by atoms with Crippen molar-refractivity contribution < 1.29 is 8.42 Å². The molecule has 4 heteroatoms. The highest BCUT2D eigenvalue weighted by Gasteiger charge is 2.49. The van der Waals surface area contributed by atoms with Gasteiger partial charge in [-0.15, -0.1) is 0 Å². The molecule has 0 N–H and O–H groups in total. The molecule has 1 saturated heterocycles. The van der Waals surface area contributed by atoms with Crippen molar-refractivity contribution >= 4 is 9.84 Å². The van der Waals surface area contributed by atoms with Crippen LogP contribution in [0.25, 0.3) is 0 Å². The van der Waals surface area contributed by atoms with Gasteiger partial charge in [-0.05, 0) is 61.1 Å². The van der Waals surface area contributed by atoms with E-state index in [2.05, 4.69) is 49.1 Å². The van der Waals surface area contributed by atoms with Crippen molar-refractivity contribution in [2.24, 2.45) is 11.8 Å². The van der Waals surface area contributed by atoms with Gasteiger partial charge in [0.15, 0.2) is 9.84 Å². The molecule has 1 heterocycles. The molecule has 1 aliphatic carbocycles. The summed E-state index contributed by atoms with van der Waals surface area (Å²) in [5.74, 6) is 1.65. The monoisotopic (exact) mass is 397 g/mol. The first-order chi connectivity index (χ1) is 13.5. The lowest BCUT2D eigenvalue weighted by Gasteiger charge is -2.37. The Morgan fingerprint density at radius 3 is 2.14 bits per heavy atom.